The summed E-state index contributed by atoms with van der Waals surface area (Å²) in [4.78, 5) is 34.5. The minimum atomic E-state index is -0.774. The van der Waals surface area contributed by atoms with Crippen LogP contribution in [0.1, 0.15) is 41.0 Å². The zero-order valence-electron chi connectivity index (χ0n) is 15.1. The van der Waals surface area contributed by atoms with Gasteiger partial charge in [0.05, 0.1) is 11.5 Å². The number of carbonyl (C=O) groups excluding carboxylic acids is 2. The minimum absolute atomic E-state index is 0.142. The van der Waals surface area contributed by atoms with Gasteiger partial charge in [-0.1, -0.05) is 26.0 Å². The number of amides is 2. The van der Waals surface area contributed by atoms with Crippen LogP contribution in [0.4, 0.5) is 5.69 Å². The fourth-order valence-corrected chi connectivity index (χ4v) is 2.19. The lowest BCUT2D eigenvalue weighted by Gasteiger charge is -2.10. The molecule has 2 aromatic rings. The SMILES string of the molecule is CC(C)CCOc1ccc(C(=O)NNC(=O)c2ccccc2[N+](=O)[O-])cc1. The third-order valence-corrected chi connectivity index (χ3v) is 3.72. The molecule has 0 heterocycles. The minimum Gasteiger partial charge on any atom is -0.494 e. The van der Waals surface area contributed by atoms with Gasteiger partial charge in [0.2, 0.25) is 0 Å². The zero-order chi connectivity index (χ0) is 19.8. The van der Waals surface area contributed by atoms with E-state index >= 15 is 0 Å². The summed E-state index contributed by atoms with van der Waals surface area (Å²) in [6, 6.07) is 11.9. The lowest BCUT2D eigenvalue weighted by Crippen LogP contribution is -2.41. The summed E-state index contributed by atoms with van der Waals surface area (Å²) in [5, 5.41) is 11.0. The summed E-state index contributed by atoms with van der Waals surface area (Å²) < 4.78 is 5.58. The molecule has 0 aliphatic rings. The lowest BCUT2D eigenvalue weighted by atomic mass is 10.1. The van der Waals surface area contributed by atoms with E-state index in [4.69, 9.17) is 4.74 Å². The van der Waals surface area contributed by atoms with Crippen molar-refractivity contribution < 1.29 is 19.2 Å². The van der Waals surface area contributed by atoms with Crippen molar-refractivity contribution in [2.75, 3.05) is 6.61 Å². The number of hydrogen-bond acceptors (Lipinski definition) is 5. The van der Waals surface area contributed by atoms with Crippen molar-refractivity contribution in [2.24, 2.45) is 5.92 Å². The molecular formula is C19H21N3O5. The molecule has 0 aliphatic carbocycles. The fraction of sp³-hybridized carbons (Fsp3) is 0.263. The van der Waals surface area contributed by atoms with Gasteiger partial charge < -0.3 is 4.74 Å². The molecule has 8 nitrogen and oxygen atoms in total. The van der Waals surface area contributed by atoms with Crippen LogP contribution in [-0.4, -0.2) is 23.3 Å². The van der Waals surface area contributed by atoms with Crippen LogP contribution in [0.25, 0.3) is 0 Å². The number of ether oxygens (including phenoxy) is 1. The van der Waals surface area contributed by atoms with Gasteiger partial charge in [-0.3, -0.25) is 30.6 Å². The van der Waals surface area contributed by atoms with E-state index in [2.05, 4.69) is 24.7 Å². The van der Waals surface area contributed by atoms with E-state index in [0.29, 0.717) is 23.8 Å². The molecule has 0 bridgehead atoms. The number of nitro groups is 1. The first-order valence-electron chi connectivity index (χ1n) is 8.45. The van der Waals surface area contributed by atoms with Crippen LogP contribution in [-0.2, 0) is 0 Å². The average Bonchev–Trinajstić information content (AvgIpc) is 2.66. The molecule has 0 fully saturated rings. The Bertz CT molecular complexity index is 818. The highest BCUT2D eigenvalue weighted by Gasteiger charge is 2.19. The molecular weight excluding hydrogens is 350 g/mol. The van der Waals surface area contributed by atoms with Gasteiger partial charge in [0, 0.05) is 11.6 Å². The Morgan fingerprint density at radius 1 is 1.04 bits per heavy atom. The van der Waals surface area contributed by atoms with E-state index in [1.54, 1.807) is 24.3 Å². The molecule has 0 saturated carbocycles. The van der Waals surface area contributed by atoms with E-state index < -0.39 is 16.7 Å². The van der Waals surface area contributed by atoms with Gasteiger partial charge in [-0.2, -0.15) is 0 Å². The van der Waals surface area contributed by atoms with Crippen LogP contribution in [0.15, 0.2) is 48.5 Å². The Morgan fingerprint density at radius 2 is 1.67 bits per heavy atom. The van der Waals surface area contributed by atoms with E-state index in [1.807, 2.05) is 0 Å². The smallest absolute Gasteiger partial charge is 0.282 e. The molecule has 27 heavy (non-hydrogen) atoms. The molecule has 0 radical (unpaired) electrons. The van der Waals surface area contributed by atoms with Crippen molar-refractivity contribution in [3.8, 4) is 5.75 Å². The molecule has 0 saturated heterocycles. The van der Waals surface area contributed by atoms with Crippen molar-refractivity contribution >= 4 is 17.5 Å². The van der Waals surface area contributed by atoms with E-state index in [1.165, 1.54) is 24.3 Å². The monoisotopic (exact) mass is 371 g/mol. The highest BCUT2D eigenvalue weighted by molar-refractivity contribution is 6.01. The lowest BCUT2D eigenvalue weighted by molar-refractivity contribution is -0.385. The summed E-state index contributed by atoms with van der Waals surface area (Å²) >= 11 is 0. The molecule has 2 rings (SSSR count). The number of para-hydroxylation sites is 1. The number of nitrogens with zero attached hydrogens (tertiary/aromatic N) is 1. The first-order chi connectivity index (χ1) is 12.9. The largest absolute Gasteiger partial charge is 0.494 e. The number of benzene rings is 2. The second kappa shape index (κ2) is 9.33. The predicted octanol–water partition coefficient (Wildman–Crippen LogP) is 3.09. The number of rotatable bonds is 7. The van der Waals surface area contributed by atoms with Crippen LogP contribution >= 0.6 is 0 Å². The van der Waals surface area contributed by atoms with Gasteiger partial charge >= 0.3 is 0 Å². The molecule has 0 unspecified atom stereocenters. The summed E-state index contributed by atoms with van der Waals surface area (Å²) in [5.41, 5.74) is 4.25. The molecule has 2 N–H and O–H groups in total. The number of hydrazine groups is 1. The third-order valence-electron chi connectivity index (χ3n) is 3.72. The number of carbonyl (C=O) groups is 2. The molecule has 0 aliphatic heterocycles. The molecule has 8 heteroatoms. The molecule has 0 spiro atoms. The van der Waals surface area contributed by atoms with Crippen LogP contribution < -0.4 is 15.6 Å². The summed E-state index contributed by atoms with van der Waals surface area (Å²) in [5.74, 6) is -0.129. The molecule has 0 aromatic heterocycles. The Kier molecular flexibility index (Phi) is 6.87. The Hall–Kier alpha value is -3.42. The maximum Gasteiger partial charge on any atom is 0.282 e. The second-order valence-corrected chi connectivity index (χ2v) is 6.24. The van der Waals surface area contributed by atoms with Crippen molar-refractivity contribution in [3.05, 3.63) is 69.8 Å². The summed E-state index contributed by atoms with van der Waals surface area (Å²) in [7, 11) is 0. The van der Waals surface area contributed by atoms with Crippen molar-refractivity contribution in [1.29, 1.82) is 0 Å². The highest BCUT2D eigenvalue weighted by atomic mass is 16.6. The summed E-state index contributed by atoms with van der Waals surface area (Å²) in [6.07, 6.45) is 0.930. The van der Waals surface area contributed by atoms with Crippen LogP contribution in [0.2, 0.25) is 0 Å². The normalized spacial score (nSPS) is 10.3. The van der Waals surface area contributed by atoms with Crippen molar-refractivity contribution in [1.82, 2.24) is 10.9 Å². The summed E-state index contributed by atoms with van der Waals surface area (Å²) in [6.45, 7) is 4.80. The predicted molar refractivity (Wildman–Crippen MR) is 99.4 cm³/mol. The van der Waals surface area contributed by atoms with Crippen molar-refractivity contribution in [2.45, 2.75) is 20.3 Å². The number of nitro benzene ring substituents is 1. The van der Waals surface area contributed by atoms with Gasteiger partial charge in [0.25, 0.3) is 17.5 Å². The quantitative estimate of drug-likeness (QED) is 0.574. The molecule has 0 atom stereocenters. The maximum atomic E-state index is 12.1. The third kappa shape index (κ3) is 5.81. The zero-order valence-corrected chi connectivity index (χ0v) is 15.1. The molecule has 2 aromatic carbocycles. The first kappa shape index (κ1) is 19.9. The Balaban J connectivity index is 1.92. The van der Waals surface area contributed by atoms with Crippen LogP contribution in [0.3, 0.4) is 0 Å². The Morgan fingerprint density at radius 3 is 2.30 bits per heavy atom. The van der Waals surface area contributed by atoms with E-state index in [-0.39, 0.29) is 11.3 Å². The van der Waals surface area contributed by atoms with Crippen LogP contribution in [0, 0.1) is 16.0 Å². The number of nitrogens with one attached hydrogen (secondary N) is 2. The van der Waals surface area contributed by atoms with Crippen LogP contribution in [0.5, 0.6) is 5.75 Å². The van der Waals surface area contributed by atoms with E-state index in [0.717, 1.165) is 6.42 Å². The second-order valence-electron chi connectivity index (χ2n) is 6.24. The fourth-order valence-electron chi connectivity index (χ4n) is 2.19. The first-order valence-corrected chi connectivity index (χ1v) is 8.45. The van der Waals surface area contributed by atoms with E-state index in [9.17, 15) is 19.7 Å². The van der Waals surface area contributed by atoms with Gasteiger partial charge in [-0.05, 0) is 42.7 Å². The molecule has 2 amide bonds. The maximum absolute atomic E-state index is 12.1. The van der Waals surface area contributed by atoms with Crippen molar-refractivity contribution in [3.63, 3.8) is 0 Å². The molecule has 142 valence electrons. The van der Waals surface area contributed by atoms with Gasteiger partial charge in [0.15, 0.2) is 0 Å². The number of hydrogen-bond donors (Lipinski definition) is 2. The van der Waals surface area contributed by atoms with Gasteiger partial charge in [0.1, 0.15) is 11.3 Å². The van der Waals surface area contributed by atoms with Gasteiger partial charge in [-0.25, -0.2) is 0 Å². The topological polar surface area (TPSA) is 111 Å². The standard InChI is InChI=1S/C19H21N3O5/c1-13(2)11-12-27-15-9-7-14(8-10-15)18(23)20-21-19(24)16-5-3-4-6-17(16)22(25)26/h3-10,13H,11-12H2,1-2H3,(H,20,23)(H,21,24). The van der Waals surface area contributed by atoms with Gasteiger partial charge in [-0.15, -0.1) is 0 Å². The highest BCUT2D eigenvalue weighted by Crippen LogP contribution is 2.17. The average molecular weight is 371 g/mol. The Labute approximate surface area is 156 Å².